The lowest BCUT2D eigenvalue weighted by molar-refractivity contribution is -0.129. The number of hydrogen-bond acceptors (Lipinski definition) is 5. The molecule has 1 saturated heterocycles. The van der Waals surface area contributed by atoms with Crippen molar-refractivity contribution in [3.05, 3.63) is 18.5 Å². The molecule has 7 heteroatoms. The zero-order valence-corrected chi connectivity index (χ0v) is 15.1. The van der Waals surface area contributed by atoms with Crippen LogP contribution in [0.5, 0.6) is 0 Å². The molecule has 0 spiro atoms. The van der Waals surface area contributed by atoms with Gasteiger partial charge in [0.1, 0.15) is 11.2 Å². The first-order valence-electron chi connectivity index (χ1n) is 8.20. The smallest absolute Gasteiger partial charge is 0.225 e. The summed E-state index contributed by atoms with van der Waals surface area (Å²) < 4.78 is 16.0. The van der Waals surface area contributed by atoms with Crippen LogP contribution < -0.4 is 10.2 Å². The van der Waals surface area contributed by atoms with Crippen molar-refractivity contribution in [3.63, 3.8) is 0 Å². The fraction of sp³-hybridized carbons (Fsp3) is 0.588. The number of piperidine rings is 1. The van der Waals surface area contributed by atoms with E-state index < -0.39 is 11.1 Å². The van der Waals surface area contributed by atoms with Gasteiger partial charge in [-0.1, -0.05) is 32.1 Å². The number of fused-ring (bicyclic) bond motifs is 1. The van der Waals surface area contributed by atoms with Crippen molar-refractivity contribution in [3.8, 4) is 0 Å². The van der Waals surface area contributed by atoms with Gasteiger partial charge in [0.25, 0.3) is 0 Å². The zero-order valence-electron chi connectivity index (χ0n) is 14.3. The van der Waals surface area contributed by atoms with Crippen molar-refractivity contribution in [2.24, 2.45) is 5.41 Å². The van der Waals surface area contributed by atoms with Gasteiger partial charge in [-0.2, -0.15) is 0 Å². The molecule has 0 atom stereocenters. The molecule has 0 aromatic carbocycles. The summed E-state index contributed by atoms with van der Waals surface area (Å²) in [5.41, 5.74) is -0.950. The van der Waals surface area contributed by atoms with Crippen molar-refractivity contribution >= 4 is 32.6 Å². The molecule has 0 unspecified atom stereocenters. The Hall–Kier alpha value is -1.76. The molecule has 5 nitrogen and oxygen atoms in total. The summed E-state index contributed by atoms with van der Waals surface area (Å²) in [5.74, 6) is -0.111. The number of carbonyl (C=O) groups excluding carboxylic acids is 1. The highest BCUT2D eigenvalue weighted by atomic mass is 32.1. The van der Waals surface area contributed by atoms with Crippen molar-refractivity contribution in [2.45, 2.75) is 39.3 Å². The molecule has 24 heavy (non-hydrogen) atoms. The summed E-state index contributed by atoms with van der Waals surface area (Å²) in [4.78, 5) is 22.7. The average molecular weight is 350 g/mol. The summed E-state index contributed by atoms with van der Waals surface area (Å²) in [6, 6.07) is 1.95. The number of alkyl halides is 1. The Bertz CT molecular complexity index is 699. The predicted molar refractivity (Wildman–Crippen MR) is 95.2 cm³/mol. The maximum absolute atomic E-state index is 14.9. The van der Waals surface area contributed by atoms with Crippen LogP contribution in [0, 0.1) is 5.41 Å². The van der Waals surface area contributed by atoms with Gasteiger partial charge in [0, 0.05) is 37.5 Å². The number of anilines is 1. The molecule has 2 aromatic heterocycles. The van der Waals surface area contributed by atoms with E-state index in [-0.39, 0.29) is 12.5 Å². The van der Waals surface area contributed by atoms with E-state index in [2.05, 4.69) is 20.2 Å². The van der Waals surface area contributed by atoms with E-state index in [1.807, 2.05) is 26.8 Å². The first-order chi connectivity index (χ1) is 11.3. The van der Waals surface area contributed by atoms with E-state index in [0.29, 0.717) is 25.9 Å². The molecule has 3 rings (SSSR count). The molecule has 0 aliphatic carbocycles. The van der Waals surface area contributed by atoms with Crippen LogP contribution in [-0.2, 0) is 4.79 Å². The maximum Gasteiger partial charge on any atom is 0.225 e. The Morgan fingerprint density at radius 1 is 1.42 bits per heavy atom. The number of rotatable bonds is 3. The molecule has 1 aliphatic rings. The SMILES string of the molecule is CC(C)(C)C(=O)NCC1(F)CCN(c2nc3cnccc3s2)CC1. The van der Waals surface area contributed by atoms with Gasteiger partial charge in [0.2, 0.25) is 5.91 Å². The van der Waals surface area contributed by atoms with Gasteiger partial charge in [-0.25, -0.2) is 9.37 Å². The second-order valence-corrected chi connectivity index (χ2v) is 8.42. The van der Waals surface area contributed by atoms with Crippen LogP contribution in [0.4, 0.5) is 9.52 Å². The van der Waals surface area contributed by atoms with E-state index in [0.717, 1.165) is 15.3 Å². The Morgan fingerprint density at radius 3 is 2.75 bits per heavy atom. The molecule has 1 amide bonds. The molecule has 2 aromatic rings. The number of pyridine rings is 1. The van der Waals surface area contributed by atoms with Gasteiger partial charge in [0.05, 0.1) is 17.4 Å². The number of carbonyl (C=O) groups is 1. The second-order valence-electron chi connectivity index (χ2n) is 7.41. The average Bonchev–Trinajstić information content (AvgIpc) is 2.96. The number of nitrogens with zero attached hydrogens (tertiary/aromatic N) is 3. The van der Waals surface area contributed by atoms with Crippen LogP contribution in [0.25, 0.3) is 10.2 Å². The molecule has 1 N–H and O–H groups in total. The fourth-order valence-electron chi connectivity index (χ4n) is 2.68. The molecule has 1 fully saturated rings. The van der Waals surface area contributed by atoms with Gasteiger partial charge in [-0.15, -0.1) is 0 Å². The number of halogens is 1. The van der Waals surface area contributed by atoms with E-state index in [1.165, 1.54) is 0 Å². The minimum absolute atomic E-state index is 0.0840. The summed E-state index contributed by atoms with van der Waals surface area (Å²) in [7, 11) is 0. The van der Waals surface area contributed by atoms with E-state index in [1.54, 1.807) is 23.7 Å². The third kappa shape index (κ3) is 3.66. The number of nitrogens with one attached hydrogen (secondary N) is 1. The van der Waals surface area contributed by atoms with Gasteiger partial charge in [-0.05, 0) is 6.07 Å². The first kappa shape index (κ1) is 17.1. The minimum atomic E-state index is -1.34. The highest BCUT2D eigenvalue weighted by Crippen LogP contribution is 2.33. The number of thiazole rings is 1. The second kappa shape index (κ2) is 6.27. The lowest BCUT2D eigenvalue weighted by Crippen LogP contribution is -2.49. The number of aromatic nitrogens is 2. The van der Waals surface area contributed by atoms with E-state index >= 15 is 0 Å². The molecule has 1 aliphatic heterocycles. The Labute approximate surface area is 145 Å². The topological polar surface area (TPSA) is 58.1 Å². The van der Waals surface area contributed by atoms with Gasteiger partial charge >= 0.3 is 0 Å². The zero-order chi connectivity index (χ0) is 17.4. The normalized spacial score (nSPS) is 17.9. The van der Waals surface area contributed by atoms with Crippen LogP contribution in [0.3, 0.4) is 0 Å². The van der Waals surface area contributed by atoms with Crippen molar-refractivity contribution in [1.29, 1.82) is 0 Å². The van der Waals surface area contributed by atoms with Crippen LogP contribution >= 0.6 is 11.3 Å². The van der Waals surface area contributed by atoms with Crippen LogP contribution in [0.2, 0.25) is 0 Å². The van der Waals surface area contributed by atoms with E-state index in [9.17, 15) is 9.18 Å². The van der Waals surface area contributed by atoms with E-state index in [4.69, 9.17) is 0 Å². The monoisotopic (exact) mass is 350 g/mol. The van der Waals surface area contributed by atoms with Crippen LogP contribution in [-0.4, -0.2) is 41.2 Å². The third-order valence-electron chi connectivity index (χ3n) is 4.36. The number of hydrogen-bond donors (Lipinski definition) is 1. The summed E-state index contributed by atoms with van der Waals surface area (Å²) in [6.07, 6.45) is 4.29. The summed E-state index contributed by atoms with van der Waals surface area (Å²) >= 11 is 1.61. The van der Waals surface area contributed by atoms with Gasteiger partial charge < -0.3 is 10.2 Å². The highest BCUT2D eigenvalue weighted by molar-refractivity contribution is 7.22. The lowest BCUT2D eigenvalue weighted by atomic mass is 9.91. The molecule has 3 heterocycles. The van der Waals surface area contributed by atoms with Crippen molar-refractivity contribution in [2.75, 3.05) is 24.5 Å². The Morgan fingerprint density at radius 2 is 2.12 bits per heavy atom. The Kier molecular flexibility index (Phi) is 4.46. The third-order valence-corrected chi connectivity index (χ3v) is 5.45. The summed E-state index contributed by atoms with van der Waals surface area (Å²) in [6.45, 7) is 6.79. The molecule has 130 valence electrons. The number of amides is 1. The van der Waals surface area contributed by atoms with Crippen molar-refractivity contribution < 1.29 is 9.18 Å². The van der Waals surface area contributed by atoms with Gasteiger partial charge in [-0.3, -0.25) is 9.78 Å². The minimum Gasteiger partial charge on any atom is -0.352 e. The van der Waals surface area contributed by atoms with Crippen LogP contribution in [0.15, 0.2) is 18.5 Å². The quantitative estimate of drug-likeness (QED) is 0.924. The first-order valence-corrected chi connectivity index (χ1v) is 9.01. The summed E-state index contributed by atoms with van der Waals surface area (Å²) in [5, 5.41) is 3.67. The molecule has 0 radical (unpaired) electrons. The van der Waals surface area contributed by atoms with Gasteiger partial charge in [0.15, 0.2) is 5.13 Å². The van der Waals surface area contributed by atoms with Crippen LogP contribution in [0.1, 0.15) is 33.6 Å². The maximum atomic E-state index is 14.9. The Balaban J connectivity index is 1.59. The highest BCUT2D eigenvalue weighted by Gasteiger charge is 2.36. The fourth-order valence-corrected chi connectivity index (χ4v) is 3.67. The standard InChI is InChI=1S/C17H23FN4OS/c1-16(2,3)14(23)20-11-17(18)5-8-22(9-6-17)15-21-12-10-19-7-4-13(12)24-15/h4,7,10H,5-6,8-9,11H2,1-3H3,(H,20,23). The largest absolute Gasteiger partial charge is 0.352 e. The predicted octanol–water partition coefficient (Wildman–Crippen LogP) is 3.16. The molecular weight excluding hydrogens is 327 g/mol. The van der Waals surface area contributed by atoms with Crippen molar-refractivity contribution in [1.82, 2.24) is 15.3 Å². The molecule has 0 bridgehead atoms. The lowest BCUT2D eigenvalue weighted by Gasteiger charge is -2.36. The molecular formula is C17H23FN4OS. The molecule has 0 saturated carbocycles.